The molecule has 1 unspecified atom stereocenters. The maximum atomic E-state index is 9.91. The third-order valence-corrected chi connectivity index (χ3v) is 4.13. The molecule has 1 rings (SSSR count). The molecule has 2 nitrogen and oxygen atoms in total. The van der Waals surface area contributed by atoms with Gasteiger partial charge in [-0.3, -0.25) is 0 Å². The van der Waals surface area contributed by atoms with Crippen LogP contribution in [0.5, 0.6) is 0 Å². The lowest BCUT2D eigenvalue weighted by atomic mass is 9.95. The lowest BCUT2D eigenvalue weighted by molar-refractivity contribution is 0.159. The smallest absolute Gasteiger partial charge is 0.101 e. The Morgan fingerprint density at radius 2 is 2.13 bits per heavy atom. The molecule has 86 valence electrons. The molecule has 0 spiro atoms. The number of hydrogen-bond donors (Lipinski definition) is 2. The molecule has 15 heavy (non-hydrogen) atoms. The standard InChI is InChI=1S/C12H21NOS/c1-4-12(3,5-2)13-9-10(14)11-7-6-8-15-11/h6-8,10,13-14H,4-5,9H2,1-3H3. The molecule has 3 heteroatoms. The topological polar surface area (TPSA) is 32.3 Å². The number of aliphatic hydroxyl groups is 1. The molecule has 1 aromatic rings. The SMILES string of the molecule is CCC(C)(CC)NCC(O)c1cccs1. The van der Waals surface area contributed by atoms with E-state index >= 15 is 0 Å². The fraction of sp³-hybridized carbons (Fsp3) is 0.667. The van der Waals surface area contributed by atoms with E-state index in [0.29, 0.717) is 6.54 Å². The van der Waals surface area contributed by atoms with Crippen LogP contribution in [0.3, 0.4) is 0 Å². The third kappa shape index (κ3) is 3.59. The average Bonchev–Trinajstić information content (AvgIpc) is 2.79. The van der Waals surface area contributed by atoms with Crippen molar-refractivity contribution in [3.63, 3.8) is 0 Å². The minimum atomic E-state index is -0.373. The molecule has 1 atom stereocenters. The minimum Gasteiger partial charge on any atom is -0.386 e. The van der Waals surface area contributed by atoms with Crippen LogP contribution in [-0.2, 0) is 0 Å². The largest absolute Gasteiger partial charge is 0.386 e. The lowest BCUT2D eigenvalue weighted by Gasteiger charge is -2.29. The number of thiophene rings is 1. The molecule has 0 aromatic carbocycles. The highest BCUT2D eigenvalue weighted by atomic mass is 32.1. The second kappa shape index (κ2) is 5.64. The van der Waals surface area contributed by atoms with Crippen LogP contribution in [0.4, 0.5) is 0 Å². The molecule has 1 heterocycles. The zero-order valence-electron chi connectivity index (χ0n) is 9.79. The number of hydrogen-bond acceptors (Lipinski definition) is 3. The third-order valence-electron chi connectivity index (χ3n) is 3.15. The van der Waals surface area contributed by atoms with E-state index < -0.39 is 0 Å². The maximum absolute atomic E-state index is 9.91. The molecule has 0 aliphatic rings. The minimum absolute atomic E-state index is 0.151. The van der Waals surface area contributed by atoms with E-state index in [1.807, 2.05) is 17.5 Å². The van der Waals surface area contributed by atoms with Gasteiger partial charge in [-0.2, -0.15) is 0 Å². The van der Waals surface area contributed by atoms with E-state index in [1.54, 1.807) is 11.3 Å². The highest BCUT2D eigenvalue weighted by Crippen LogP contribution is 2.20. The van der Waals surface area contributed by atoms with Crippen molar-refractivity contribution in [3.05, 3.63) is 22.4 Å². The van der Waals surface area contributed by atoms with Gasteiger partial charge in [0.25, 0.3) is 0 Å². The van der Waals surface area contributed by atoms with E-state index in [9.17, 15) is 5.11 Å². The Labute approximate surface area is 96.3 Å². The van der Waals surface area contributed by atoms with Crippen LogP contribution in [0.1, 0.15) is 44.6 Å². The summed E-state index contributed by atoms with van der Waals surface area (Å²) < 4.78 is 0. The van der Waals surface area contributed by atoms with Gasteiger partial charge in [-0.25, -0.2) is 0 Å². The van der Waals surface area contributed by atoms with E-state index in [4.69, 9.17) is 0 Å². The summed E-state index contributed by atoms with van der Waals surface area (Å²) in [5.74, 6) is 0. The molecule has 0 radical (unpaired) electrons. The Hall–Kier alpha value is -0.380. The lowest BCUT2D eigenvalue weighted by Crippen LogP contribution is -2.43. The zero-order chi connectivity index (χ0) is 11.3. The molecule has 0 saturated carbocycles. The van der Waals surface area contributed by atoms with Crippen LogP contribution in [0.25, 0.3) is 0 Å². The van der Waals surface area contributed by atoms with Crippen molar-refractivity contribution >= 4 is 11.3 Å². The van der Waals surface area contributed by atoms with Gasteiger partial charge >= 0.3 is 0 Å². The quantitative estimate of drug-likeness (QED) is 0.783. The van der Waals surface area contributed by atoms with Gasteiger partial charge in [-0.05, 0) is 31.2 Å². The predicted octanol–water partition coefficient (Wildman–Crippen LogP) is 2.95. The van der Waals surface area contributed by atoms with Gasteiger partial charge in [-0.15, -0.1) is 11.3 Å². The molecule has 0 fully saturated rings. The van der Waals surface area contributed by atoms with E-state index in [1.165, 1.54) is 0 Å². The summed E-state index contributed by atoms with van der Waals surface area (Å²) in [6.45, 7) is 7.19. The molecule has 0 amide bonds. The fourth-order valence-corrected chi connectivity index (χ4v) is 2.14. The fourth-order valence-electron chi connectivity index (χ4n) is 1.42. The van der Waals surface area contributed by atoms with Crippen molar-refractivity contribution in [3.8, 4) is 0 Å². The van der Waals surface area contributed by atoms with Crippen molar-refractivity contribution in [2.45, 2.75) is 45.3 Å². The van der Waals surface area contributed by atoms with Crippen LogP contribution < -0.4 is 5.32 Å². The van der Waals surface area contributed by atoms with E-state index in [-0.39, 0.29) is 11.6 Å². The summed E-state index contributed by atoms with van der Waals surface area (Å²) in [5, 5.41) is 15.3. The molecule has 0 aliphatic heterocycles. The first-order valence-electron chi connectivity index (χ1n) is 5.58. The van der Waals surface area contributed by atoms with Gasteiger partial charge in [0.1, 0.15) is 6.10 Å². The molecule has 1 aromatic heterocycles. The molecule has 0 saturated heterocycles. The Morgan fingerprint density at radius 3 is 2.60 bits per heavy atom. The van der Waals surface area contributed by atoms with Gasteiger partial charge in [0, 0.05) is 17.0 Å². The average molecular weight is 227 g/mol. The van der Waals surface area contributed by atoms with Crippen LogP contribution in [-0.4, -0.2) is 17.2 Å². The van der Waals surface area contributed by atoms with Gasteiger partial charge < -0.3 is 10.4 Å². The number of nitrogens with one attached hydrogen (secondary N) is 1. The van der Waals surface area contributed by atoms with Crippen molar-refractivity contribution in [1.29, 1.82) is 0 Å². The summed E-state index contributed by atoms with van der Waals surface area (Å²) >= 11 is 1.61. The van der Waals surface area contributed by atoms with Gasteiger partial charge in [0.2, 0.25) is 0 Å². The molecular weight excluding hydrogens is 206 g/mol. The molecular formula is C12H21NOS. The Kier molecular flexibility index (Phi) is 4.77. The first kappa shape index (κ1) is 12.7. The van der Waals surface area contributed by atoms with Crippen molar-refractivity contribution in [1.82, 2.24) is 5.32 Å². The van der Waals surface area contributed by atoms with Crippen LogP contribution in [0, 0.1) is 0 Å². The maximum Gasteiger partial charge on any atom is 0.101 e. The number of aliphatic hydroxyl groups excluding tert-OH is 1. The summed E-state index contributed by atoms with van der Waals surface area (Å²) in [6, 6.07) is 3.95. The zero-order valence-corrected chi connectivity index (χ0v) is 10.6. The highest BCUT2D eigenvalue weighted by Gasteiger charge is 2.20. The molecule has 2 N–H and O–H groups in total. The summed E-state index contributed by atoms with van der Waals surface area (Å²) in [7, 11) is 0. The Morgan fingerprint density at radius 1 is 1.47 bits per heavy atom. The summed E-state index contributed by atoms with van der Waals surface area (Å²) in [5.41, 5.74) is 0.151. The number of β-amino-alcohol motifs (C(OH)–C–C–N with tert-alkyl or cyclic N) is 1. The Balaban J connectivity index is 2.43. The summed E-state index contributed by atoms with van der Waals surface area (Å²) in [6.07, 6.45) is 1.80. The van der Waals surface area contributed by atoms with E-state index in [2.05, 4.69) is 26.1 Å². The van der Waals surface area contributed by atoms with Gasteiger partial charge in [-0.1, -0.05) is 19.9 Å². The first-order chi connectivity index (χ1) is 7.11. The van der Waals surface area contributed by atoms with Gasteiger partial charge in [0.15, 0.2) is 0 Å². The van der Waals surface area contributed by atoms with Crippen LogP contribution >= 0.6 is 11.3 Å². The predicted molar refractivity (Wildman–Crippen MR) is 66.3 cm³/mol. The summed E-state index contributed by atoms with van der Waals surface area (Å²) in [4.78, 5) is 1.04. The van der Waals surface area contributed by atoms with Crippen molar-refractivity contribution in [2.24, 2.45) is 0 Å². The van der Waals surface area contributed by atoms with Crippen molar-refractivity contribution in [2.75, 3.05) is 6.54 Å². The molecule has 0 aliphatic carbocycles. The van der Waals surface area contributed by atoms with Crippen LogP contribution in [0.2, 0.25) is 0 Å². The highest BCUT2D eigenvalue weighted by molar-refractivity contribution is 7.10. The molecule has 0 bridgehead atoms. The normalized spacial score (nSPS) is 14.1. The van der Waals surface area contributed by atoms with Crippen LogP contribution in [0.15, 0.2) is 17.5 Å². The Bertz CT molecular complexity index is 267. The van der Waals surface area contributed by atoms with Gasteiger partial charge in [0.05, 0.1) is 0 Å². The van der Waals surface area contributed by atoms with Crippen molar-refractivity contribution < 1.29 is 5.11 Å². The second-order valence-electron chi connectivity index (χ2n) is 4.18. The number of rotatable bonds is 6. The second-order valence-corrected chi connectivity index (χ2v) is 5.16. The first-order valence-corrected chi connectivity index (χ1v) is 6.45. The monoisotopic (exact) mass is 227 g/mol. The van der Waals surface area contributed by atoms with E-state index in [0.717, 1.165) is 17.7 Å².